The lowest BCUT2D eigenvalue weighted by molar-refractivity contribution is -0.117. The molecule has 3 heterocycles. The van der Waals surface area contributed by atoms with E-state index in [1.165, 1.54) is 0 Å². The summed E-state index contributed by atoms with van der Waals surface area (Å²) in [4.78, 5) is 32.9. The summed E-state index contributed by atoms with van der Waals surface area (Å²) >= 11 is 0. The van der Waals surface area contributed by atoms with Crippen LogP contribution in [0.4, 0.5) is 10.6 Å². The Labute approximate surface area is 230 Å². The van der Waals surface area contributed by atoms with Gasteiger partial charge in [0.25, 0.3) is 0 Å². The number of hydrogen-bond acceptors (Lipinski definition) is 8. The molecule has 0 unspecified atom stereocenters. The predicted octanol–water partition coefficient (Wildman–Crippen LogP) is 3.59. The van der Waals surface area contributed by atoms with Crippen LogP contribution < -0.4 is 16.4 Å². The molecule has 5 aromatic rings. The highest BCUT2D eigenvalue weighted by atomic mass is 16.5. The molecule has 11 heteroatoms. The number of para-hydroxylation sites is 1. The number of carbonyl (C=O) groups excluding carboxylic acids is 2. The van der Waals surface area contributed by atoms with E-state index in [1.54, 1.807) is 19.3 Å². The Balaban J connectivity index is 1.33. The van der Waals surface area contributed by atoms with E-state index in [2.05, 4.69) is 37.0 Å². The second kappa shape index (κ2) is 11.6. The summed E-state index contributed by atoms with van der Waals surface area (Å²) in [5.41, 5.74) is 11.8. The van der Waals surface area contributed by atoms with Gasteiger partial charge in [-0.05, 0) is 30.2 Å². The molecule has 0 saturated heterocycles. The zero-order chi connectivity index (χ0) is 28.1. The lowest BCUT2D eigenvalue weighted by atomic mass is 10.1. The lowest BCUT2D eigenvalue weighted by Crippen LogP contribution is -2.31. The number of nitrogen functional groups attached to an aromatic ring is 1. The second-order valence-corrected chi connectivity index (χ2v) is 9.21. The number of rotatable bonds is 9. The van der Waals surface area contributed by atoms with Crippen molar-refractivity contribution in [1.82, 2.24) is 35.4 Å². The number of pyridine rings is 1. The number of fused-ring (bicyclic) bond motifs is 3. The van der Waals surface area contributed by atoms with Gasteiger partial charge in [0.15, 0.2) is 5.82 Å². The molecule has 2 aromatic carbocycles. The summed E-state index contributed by atoms with van der Waals surface area (Å²) in [6.45, 7) is 6.26. The van der Waals surface area contributed by atoms with Crippen LogP contribution in [0.3, 0.4) is 0 Å². The first kappa shape index (κ1) is 26.3. The van der Waals surface area contributed by atoms with Gasteiger partial charge in [-0.3, -0.25) is 4.79 Å². The van der Waals surface area contributed by atoms with Crippen LogP contribution in [0.5, 0.6) is 0 Å². The van der Waals surface area contributed by atoms with E-state index in [0.29, 0.717) is 35.8 Å². The first-order chi connectivity index (χ1) is 19.4. The Morgan fingerprint density at radius 2 is 1.77 bits per heavy atom. The van der Waals surface area contributed by atoms with Gasteiger partial charge in [-0.2, -0.15) is 10.2 Å². The highest BCUT2D eigenvalue weighted by Gasteiger charge is 2.19. The first-order valence-electron chi connectivity index (χ1n) is 12.6. The normalized spacial score (nSPS) is 10.9. The highest BCUT2D eigenvalue weighted by molar-refractivity contribution is 6.07. The van der Waals surface area contributed by atoms with Gasteiger partial charge in [0.05, 0.1) is 30.0 Å². The van der Waals surface area contributed by atoms with E-state index >= 15 is 0 Å². The number of ether oxygens (including phenoxy) is 1. The van der Waals surface area contributed by atoms with Crippen molar-refractivity contribution in [2.75, 3.05) is 18.9 Å². The van der Waals surface area contributed by atoms with Gasteiger partial charge in [0.2, 0.25) is 5.91 Å². The maximum absolute atomic E-state index is 12.0. The monoisotopic (exact) mass is 536 g/mol. The van der Waals surface area contributed by atoms with Gasteiger partial charge in [0.1, 0.15) is 17.9 Å². The molecule has 4 N–H and O–H groups in total. The standard InChI is InChI=1S/C29H28N8O3/c1-18(2)28(38)31-13-14-40-29(39)32-15-19-7-9-20(10-8-19)17-37-25-22-5-3-4-6-23(22)35-26(30)24(25)36-27(37)21-11-12-33-34-16-21/h3-12,16H,1,13-15,17H2,2H3,(H2,30,35)(H,31,38)(H,32,39). The minimum Gasteiger partial charge on any atom is -0.448 e. The molecule has 11 nitrogen and oxygen atoms in total. The van der Waals surface area contributed by atoms with E-state index < -0.39 is 6.09 Å². The Morgan fingerprint density at radius 3 is 2.52 bits per heavy atom. The third-order valence-corrected chi connectivity index (χ3v) is 6.26. The molecule has 40 heavy (non-hydrogen) atoms. The van der Waals surface area contributed by atoms with Crippen LogP contribution in [-0.2, 0) is 22.6 Å². The third-order valence-electron chi connectivity index (χ3n) is 6.26. The fourth-order valence-electron chi connectivity index (χ4n) is 4.29. The summed E-state index contributed by atoms with van der Waals surface area (Å²) in [6, 6.07) is 17.6. The number of nitrogens with two attached hydrogens (primary N) is 1. The number of alkyl carbamates (subject to hydrolysis) is 1. The number of aromatic nitrogens is 5. The van der Waals surface area contributed by atoms with E-state index in [-0.39, 0.29) is 19.1 Å². The number of nitrogens with one attached hydrogen (secondary N) is 2. The number of amides is 2. The largest absolute Gasteiger partial charge is 0.448 e. The van der Waals surface area contributed by atoms with Crippen molar-refractivity contribution in [3.05, 3.63) is 90.3 Å². The minimum absolute atomic E-state index is 0.0622. The summed E-state index contributed by atoms with van der Waals surface area (Å²) in [5, 5.41) is 14.2. The Bertz CT molecular complexity index is 1700. The van der Waals surface area contributed by atoms with Gasteiger partial charge in [-0.1, -0.05) is 49.0 Å². The van der Waals surface area contributed by atoms with E-state index in [1.807, 2.05) is 54.6 Å². The summed E-state index contributed by atoms with van der Waals surface area (Å²) < 4.78 is 7.21. The maximum atomic E-state index is 12.0. The molecule has 0 aliphatic carbocycles. The van der Waals surface area contributed by atoms with Crippen LogP contribution in [0.1, 0.15) is 18.1 Å². The van der Waals surface area contributed by atoms with Gasteiger partial charge >= 0.3 is 6.09 Å². The van der Waals surface area contributed by atoms with Crippen LogP contribution in [0.15, 0.2) is 79.1 Å². The van der Waals surface area contributed by atoms with Gasteiger partial charge in [-0.25, -0.2) is 14.8 Å². The van der Waals surface area contributed by atoms with Gasteiger partial charge in [0, 0.05) is 29.6 Å². The number of nitrogens with zero attached hydrogens (tertiary/aromatic N) is 5. The average Bonchev–Trinajstić information content (AvgIpc) is 3.35. The molecule has 0 atom stereocenters. The van der Waals surface area contributed by atoms with Crippen LogP contribution >= 0.6 is 0 Å². The van der Waals surface area contributed by atoms with Crippen LogP contribution in [0, 0.1) is 0 Å². The number of imidazole rings is 1. The number of carbonyl (C=O) groups is 2. The molecule has 0 saturated carbocycles. The molecule has 5 rings (SSSR count). The molecule has 0 radical (unpaired) electrons. The van der Waals surface area contributed by atoms with Crippen molar-refractivity contribution in [1.29, 1.82) is 0 Å². The SMILES string of the molecule is C=C(C)C(=O)NCCOC(=O)NCc1ccc(Cn2c(-c3ccnnc3)nc3c(N)nc4ccccc4c32)cc1. The molecule has 0 aliphatic heterocycles. The Kier molecular flexibility index (Phi) is 7.63. The number of benzene rings is 2. The minimum atomic E-state index is -0.563. The zero-order valence-electron chi connectivity index (χ0n) is 21.9. The molecule has 0 fully saturated rings. The molecule has 202 valence electrons. The third kappa shape index (κ3) is 5.73. The summed E-state index contributed by atoms with van der Waals surface area (Å²) in [7, 11) is 0. The van der Waals surface area contributed by atoms with Crippen molar-refractivity contribution in [3.8, 4) is 11.4 Å². The van der Waals surface area contributed by atoms with Crippen LogP contribution in [0.25, 0.3) is 33.3 Å². The average molecular weight is 537 g/mol. The van der Waals surface area contributed by atoms with Crippen molar-refractivity contribution in [3.63, 3.8) is 0 Å². The molecule has 0 bridgehead atoms. The van der Waals surface area contributed by atoms with Gasteiger partial charge in [-0.15, -0.1) is 0 Å². The lowest BCUT2D eigenvalue weighted by Gasteiger charge is -2.12. The van der Waals surface area contributed by atoms with Crippen molar-refractivity contribution in [2.45, 2.75) is 20.0 Å². The highest BCUT2D eigenvalue weighted by Crippen LogP contribution is 2.32. The van der Waals surface area contributed by atoms with E-state index in [9.17, 15) is 9.59 Å². The summed E-state index contributed by atoms with van der Waals surface area (Å²) in [6.07, 6.45) is 2.74. The Morgan fingerprint density at radius 1 is 1.00 bits per heavy atom. The molecule has 0 aliphatic rings. The zero-order valence-corrected chi connectivity index (χ0v) is 21.9. The number of hydrogen-bond donors (Lipinski definition) is 3. The van der Waals surface area contributed by atoms with Crippen molar-refractivity contribution in [2.24, 2.45) is 0 Å². The number of anilines is 1. The molecule has 2 amide bonds. The molecular formula is C29H28N8O3. The fourth-order valence-corrected chi connectivity index (χ4v) is 4.29. The topological polar surface area (TPSA) is 150 Å². The van der Waals surface area contributed by atoms with E-state index in [4.69, 9.17) is 15.5 Å². The molecular weight excluding hydrogens is 508 g/mol. The fraction of sp³-hybridized carbons (Fsp3) is 0.172. The van der Waals surface area contributed by atoms with Crippen molar-refractivity contribution >= 4 is 39.8 Å². The van der Waals surface area contributed by atoms with Crippen molar-refractivity contribution < 1.29 is 14.3 Å². The van der Waals surface area contributed by atoms with E-state index in [0.717, 1.165) is 33.1 Å². The maximum Gasteiger partial charge on any atom is 0.407 e. The van der Waals surface area contributed by atoms with Crippen LogP contribution in [0.2, 0.25) is 0 Å². The second-order valence-electron chi connectivity index (χ2n) is 9.21. The van der Waals surface area contributed by atoms with Gasteiger partial charge < -0.3 is 25.7 Å². The quantitative estimate of drug-likeness (QED) is 0.191. The predicted molar refractivity (Wildman–Crippen MR) is 152 cm³/mol. The smallest absolute Gasteiger partial charge is 0.407 e. The molecule has 3 aromatic heterocycles. The molecule has 0 spiro atoms. The first-order valence-corrected chi connectivity index (χ1v) is 12.6. The van der Waals surface area contributed by atoms with Crippen LogP contribution in [-0.4, -0.2) is 49.9 Å². The summed E-state index contributed by atoms with van der Waals surface area (Å²) in [5.74, 6) is 0.801. The Hall–Kier alpha value is -5.32.